The number of hydrogen-bond acceptors (Lipinski definition) is 2. The van der Waals surface area contributed by atoms with E-state index in [1.54, 1.807) is 0 Å². The van der Waals surface area contributed by atoms with Gasteiger partial charge in [-0.05, 0) is 12.0 Å². The molecule has 0 saturated carbocycles. The van der Waals surface area contributed by atoms with Gasteiger partial charge in [0.05, 0.1) is 6.54 Å². The summed E-state index contributed by atoms with van der Waals surface area (Å²) in [7, 11) is 3.89. The molecule has 6 heteroatoms. The molecule has 0 unspecified atom stereocenters. The standard InChI is InChI=1S/C18H27N5.HI/c1-4-5-12-22(3)18(19-2)21-14-17-20-11-13-23(17)15-16-9-7-6-8-10-16;/h6-11,13H,4-5,12,14-15H2,1-3H3,(H,19,21);1H. The van der Waals surface area contributed by atoms with Crippen molar-refractivity contribution in [1.82, 2.24) is 19.8 Å². The smallest absolute Gasteiger partial charge is 0.193 e. The molecule has 0 atom stereocenters. The molecule has 0 spiro atoms. The van der Waals surface area contributed by atoms with Gasteiger partial charge in [0, 0.05) is 39.6 Å². The van der Waals surface area contributed by atoms with E-state index in [1.165, 1.54) is 18.4 Å². The molecule has 0 aliphatic carbocycles. The Kier molecular flexibility index (Phi) is 9.44. The van der Waals surface area contributed by atoms with Crippen LogP contribution in [0.5, 0.6) is 0 Å². The third-order valence-corrected chi connectivity index (χ3v) is 3.82. The second-order valence-electron chi connectivity index (χ2n) is 5.63. The van der Waals surface area contributed by atoms with E-state index in [4.69, 9.17) is 0 Å². The lowest BCUT2D eigenvalue weighted by Crippen LogP contribution is -2.39. The van der Waals surface area contributed by atoms with E-state index in [0.29, 0.717) is 6.54 Å². The minimum absolute atomic E-state index is 0. The summed E-state index contributed by atoms with van der Waals surface area (Å²) in [6, 6.07) is 10.4. The number of unbranched alkanes of at least 4 members (excludes halogenated alkanes) is 1. The zero-order valence-electron chi connectivity index (χ0n) is 14.8. The van der Waals surface area contributed by atoms with E-state index < -0.39 is 0 Å². The van der Waals surface area contributed by atoms with Gasteiger partial charge >= 0.3 is 0 Å². The summed E-state index contributed by atoms with van der Waals surface area (Å²) in [5.74, 6) is 1.92. The van der Waals surface area contributed by atoms with E-state index in [-0.39, 0.29) is 24.0 Å². The number of aliphatic imine (C=N–C) groups is 1. The number of imidazole rings is 1. The van der Waals surface area contributed by atoms with Crippen LogP contribution in [0.2, 0.25) is 0 Å². The maximum Gasteiger partial charge on any atom is 0.193 e. The van der Waals surface area contributed by atoms with Crippen LogP contribution in [0.1, 0.15) is 31.2 Å². The monoisotopic (exact) mass is 441 g/mol. The maximum atomic E-state index is 4.47. The van der Waals surface area contributed by atoms with Crippen LogP contribution in [0.15, 0.2) is 47.7 Å². The highest BCUT2D eigenvalue weighted by molar-refractivity contribution is 14.0. The van der Waals surface area contributed by atoms with Crippen LogP contribution in [0.3, 0.4) is 0 Å². The molecule has 0 amide bonds. The van der Waals surface area contributed by atoms with Gasteiger partial charge in [-0.3, -0.25) is 4.99 Å². The van der Waals surface area contributed by atoms with E-state index in [2.05, 4.69) is 63.0 Å². The number of aromatic nitrogens is 2. The largest absolute Gasteiger partial charge is 0.349 e. The summed E-state index contributed by atoms with van der Waals surface area (Å²) >= 11 is 0. The topological polar surface area (TPSA) is 45.4 Å². The van der Waals surface area contributed by atoms with Crippen molar-refractivity contribution in [2.45, 2.75) is 32.9 Å². The average molecular weight is 441 g/mol. The van der Waals surface area contributed by atoms with E-state index in [0.717, 1.165) is 24.9 Å². The quantitative estimate of drug-likeness (QED) is 0.407. The lowest BCUT2D eigenvalue weighted by atomic mass is 10.2. The Morgan fingerprint density at radius 3 is 2.71 bits per heavy atom. The van der Waals surface area contributed by atoms with Crippen molar-refractivity contribution in [3.05, 3.63) is 54.1 Å². The maximum absolute atomic E-state index is 4.47. The van der Waals surface area contributed by atoms with Gasteiger partial charge in [-0.2, -0.15) is 0 Å². The first-order chi connectivity index (χ1) is 11.2. The van der Waals surface area contributed by atoms with Gasteiger partial charge in [0.25, 0.3) is 0 Å². The highest BCUT2D eigenvalue weighted by Crippen LogP contribution is 2.05. The number of guanidine groups is 1. The second kappa shape index (κ2) is 11.1. The summed E-state index contributed by atoms with van der Waals surface area (Å²) in [6.07, 6.45) is 6.22. The van der Waals surface area contributed by atoms with Crippen molar-refractivity contribution in [3.8, 4) is 0 Å². The molecular weight excluding hydrogens is 413 g/mol. The van der Waals surface area contributed by atoms with Crippen LogP contribution in [0.25, 0.3) is 0 Å². The van der Waals surface area contributed by atoms with Crippen LogP contribution in [0.4, 0.5) is 0 Å². The number of rotatable bonds is 7. The highest BCUT2D eigenvalue weighted by Gasteiger charge is 2.08. The highest BCUT2D eigenvalue weighted by atomic mass is 127. The van der Waals surface area contributed by atoms with Crippen LogP contribution in [-0.4, -0.2) is 41.1 Å². The first-order valence-electron chi connectivity index (χ1n) is 8.20. The van der Waals surface area contributed by atoms with Crippen molar-refractivity contribution in [2.75, 3.05) is 20.6 Å². The molecule has 1 heterocycles. The zero-order chi connectivity index (χ0) is 16.5. The van der Waals surface area contributed by atoms with E-state index in [1.807, 2.05) is 25.5 Å². The minimum Gasteiger partial charge on any atom is -0.349 e. The Morgan fingerprint density at radius 2 is 2.04 bits per heavy atom. The molecule has 2 aromatic rings. The van der Waals surface area contributed by atoms with Crippen LogP contribution >= 0.6 is 24.0 Å². The van der Waals surface area contributed by atoms with Crippen molar-refractivity contribution in [2.24, 2.45) is 4.99 Å². The molecule has 0 aliphatic rings. The summed E-state index contributed by atoms with van der Waals surface area (Å²) in [5.41, 5.74) is 1.27. The fraction of sp³-hybridized carbons (Fsp3) is 0.444. The summed E-state index contributed by atoms with van der Waals surface area (Å²) in [4.78, 5) is 11.0. The Bertz CT molecular complexity index is 609. The second-order valence-corrected chi connectivity index (χ2v) is 5.63. The Labute approximate surface area is 162 Å². The van der Waals surface area contributed by atoms with Gasteiger partial charge in [-0.15, -0.1) is 24.0 Å². The zero-order valence-corrected chi connectivity index (χ0v) is 17.1. The molecule has 24 heavy (non-hydrogen) atoms. The molecule has 0 bridgehead atoms. The molecule has 0 radical (unpaired) electrons. The molecule has 2 rings (SSSR count). The van der Waals surface area contributed by atoms with Crippen LogP contribution < -0.4 is 5.32 Å². The normalized spacial score (nSPS) is 11.0. The van der Waals surface area contributed by atoms with Crippen molar-refractivity contribution in [3.63, 3.8) is 0 Å². The lowest BCUT2D eigenvalue weighted by molar-refractivity contribution is 0.462. The molecule has 0 aliphatic heterocycles. The van der Waals surface area contributed by atoms with E-state index >= 15 is 0 Å². The molecule has 1 N–H and O–H groups in total. The SMILES string of the molecule is CCCCN(C)C(=NC)NCc1nccn1Cc1ccccc1.I. The Hall–Kier alpha value is -1.57. The number of nitrogens with zero attached hydrogens (tertiary/aromatic N) is 4. The lowest BCUT2D eigenvalue weighted by Gasteiger charge is -2.21. The van der Waals surface area contributed by atoms with E-state index in [9.17, 15) is 0 Å². The fourth-order valence-corrected chi connectivity index (χ4v) is 2.48. The minimum atomic E-state index is 0. The Morgan fingerprint density at radius 1 is 1.29 bits per heavy atom. The van der Waals surface area contributed by atoms with Gasteiger partial charge in [0.2, 0.25) is 0 Å². The molecule has 1 aromatic heterocycles. The predicted molar refractivity (Wildman–Crippen MR) is 111 cm³/mol. The summed E-state index contributed by atoms with van der Waals surface area (Å²) in [5, 5.41) is 3.40. The van der Waals surface area contributed by atoms with Crippen molar-refractivity contribution < 1.29 is 0 Å². The number of halogens is 1. The van der Waals surface area contributed by atoms with Gasteiger partial charge in [0.15, 0.2) is 5.96 Å². The number of nitrogens with one attached hydrogen (secondary N) is 1. The first kappa shape index (κ1) is 20.5. The number of benzene rings is 1. The van der Waals surface area contributed by atoms with Crippen LogP contribution in [0, 0.1) is 0 Å². The molecular formula is C18H28IN5. The van der Waals surface area contributed by atoms with Gasteiger partial charge in [-0.1, -0.05) is 43.7 Å². The molecule has 132 valence electrons. The predicted octanol–water partition coefficient (Wildman–Crippen LogP) is 3.36. The van der Waals surface area contributed by atoms with Crippen LogP contribution in [-0.2, 0) is 13.1 Å². The molecule has 0 fully saturated rings. The third-order valence-electron chi connectivity index (χ3n) is 3.82. The summed E-state index contributed by atoms with van der Waals surface area (Å²) < 4.78 is 2.17. The fourth-order valence-electron chi connectivity index (χ4n) is 2.48. The van der Waals surface area contributed by atoms with Gasteiger partial charge < -0.3 is 14.8 Å². The van der Waals surface area contributed by atoms with Gasteiger partial charge in [0.1, 0.15) is 5.82 Å². The number of hydrogen-bond donors (Lipinski definition) is 1. The third kappa shape index (κ3) is 6.14. The van der Waals surface area contributed by atoms with Crippen molar-refractivity contribution >= 4 is 29.9 Å². The Balaban J connectivity index is 0.00000288. The van der Waals surface area contributed by atoms with Crippen molar-refractivity contribution in [1.29, 1.82) is 0 Å². The molecule has 1 aromatic carbocycles. The molecule has 5 nitrogen and oxygen atoms in total. The van der Waals surface area contributed by atoms with Gasteiger partial charge in [-0.25, -0.2) is 4.98 Å². The first-order valence-corrected chi connectivity index (χ1v) is 8.20. The average Bonchev–Trinajstić information content (AvgIpc) is 3.01. The summed E-state index contributed by atoms with van der Waals surface area (Å²) in [6.45, 7) is 4.71. The molecule has 0 saturated heterocycles.